The zero-order valence-corrected chi connectivity index (χ0v) is 11.4. The lowest BCUT2D eigenvalue weighted by Crippen LogP contribution is -2.07. The summed E-state index contributed by atoms with van der Waals surface area (Å²) < 4.78 is 0. The zero-order chi connectivity index (χ0) is 13.7. The first kappa shape index (κ1) is 13.4. The first-order chi connectivity index (χ1) is 9.34. The van der Waals surface area contributed by atoms with E-state index in [-0.39, 0.29) is 0 Å². The van der Waals surface area contributed by atoms with Crippen molar-refractivity contribution in [3.8, 4) is 11.8 Å². The molecule has 0 saturated carbocycles. The molecule has 2 aromatic rings. The van der Waals surface area contributed by atoms with E-state index in [2.05, 4.69) is 11.8 Å². The van der Waals surface area contributed by atoms with E-state index in [0.717, 1.165) is 22.3 Å². The molecule has 0 heterocycles. The Hall–Kier alpha value is -2.04. The van der Waals surface area contributed by atoms with Gasteiger partial charge in [-0.2, -0.15) is 0 Å². The van der Waals surface area contributed by atoms with Crippen LogP contribution < -0.4 is 0 Å². The Labute approximate surface area is 114 Å². The van der Waals surface area contributed by atoms with Crippen LogP contribution in [-0.4, -0.2) is 5.11 Å². The molecule has 1 aliphatic carbocycles. The molecule has 1 N–H and O–H groups in total. The topological polar surface area (TPSA) is 20.2 Å². The number of benzene rings is 2. The maximum atomic E-state index is 10.2. The summed E-state index contributed by atoms with van der Waals surface area (Å²) in [5.74, 6) is 6.32. The van der Waals surface area contributed by atoms with Gasteiger partial charge in [-0.1, -0.05) is 62.1 Å². The summed E-state index contributed by atoms with van der Waals surface area (Å²) in [6, 6.07) is 15.8. The van der Waals surface area contributed by atoms with Crippen molar-refractivity contribution in [1.82, 2.24) is 0 Å². The highest BCUT2D eigenvalue weighted by Gasteiger charge is 2.15. The van der Waals surface area contributed by atoms with Gasteiger partial charge in [0.05, 0.1) is 6.10 Å². The van der Waals surface area contributed by atoms with Crippen LogP contribution in [0.5, 0.6) is 0 Å². The Bertz CT molecular complexity index is 617. The van der Waals surface area contributed by atoms with Crippen LogP contribution >= 0.6 is 0 Å². The van der Waals surface area contributed by atoms with Gasteiger partial charge in [0.1, 0.15) is 0 Å². The minimum atomic E-state index is -0.470. The maximum absolute atomic E-state index is 10.2. The van der Waals surface area contributed by atoms with Crippen molar-refractivity contribution >= 4 is 0 Å². The van der Waals surface area contributed by atoms with E-state index in [0.29, 0.717) is 6.42 Å². The van der Waals surface area contributed by atoms with E-state index >= 15 is 0 Å². The molecule has 0 radical (unpaired) electrons. The fourth-order valence-corrected chi connectivity index (χ4v) is 2.17. The summed E-state index contributed by atoms with van der Waals surface area (Å²) >= 11 is 0. The fraction of sp³-hybridized carbons (Fsp3) is 0.222. The molecule has 0 bridgehead atoms. The highest BCUT2D eigenvalue weighted by molar-refractivity contribution is 5.51. The first-order valence-electron chi connectivity index (χ1n) is 6.71. The van der Waals surface area contributed by atoms with Crippen molar-refractivity contribution in [3.63, 3.8) is 0 Å². The van der Waals surface area contributed by atoms with Gasteiger partial charge in [-0.3, -0.25) is 0 Å². The minimum absolute atomic E-state index is 0.470. The standard InChI is InChI=1S/C16H12O.C2H6/c17-16-11-14-7-2-1-5-12(14)9-10-13-6-3-4-8-15(13)16;1-2/h1-8,16-17H,11H2;1-2H3. The third-order valence-electron chi connectivity index (χ3n) is 3.08. The number of aliphatic hydroxyl groups is 1. The lowest BCUT2D eigenvalue weighted by atomic mass is 9.92. The van der Waals surface area contributed by atoms with Crippen LogP contribution in [0.1, 0.15) is 42.2 Å². The Kier molecular flexibility index (Phi) is 4.39. The van der Waals surface area contributed by atoms with Gasteiger partial charge in [0, 0.05) is 17.5 Å². The lowest BCUT2D eigenvalue weighted by Gasteiger charge is -2.16. The largest absolute Gasteiger partial charge is 0.388 e. The predicted octanol–water partition coefficient (Wildman–Crippen LogP) is 3.70. The van der Waals surface area contributed by atoms with Gasteiger partial charge in [0.25, 0.3) is 0 Å². The molecule has 96 valence electrons. The average Bonchev–Trinajstić information content (AvgIpc) is 2.47. The fourth-order valence-electron chi connectivity index (χ4n) is 2.17. The number of rotatable bonds is 0. The number of fused-ring (bicyclic) bond motifs is 2. The Morgan fingerprint density at radius 3 is 2.26 bits per heavy atom. The molecule has 1 aliphatic rings. The Morgan fingerprint density at radius 2 is 1.47 bits per heavy atom. The highest BCUT2D eigenvalue weighted by atomic mass is 16.3. The van der Waals surface area contributed by atoms with Crippen LogP contribution in [-0.2, 0) is 6.42 Å². The van der Waals surface area contributed by atoms with Crippen LogP contribution in [0.3, 0.4) is 0 Å². The summed E-state index contributed by atoms with van der Waals surface area (Å²) in [6.45, 7) is 4.00. The average molecular weight is 250 g/mol. The van der Waals surface area contributed by atoms with E-state index in [1.54, 1.807) is 0 Å². The molecule has 1 nitrogen and oxygen atoms in total. The number of hydrogen-bond donors (Lipinski definition) is 1. The quantitative estimate of drug-likeness (QED) is 0.707. The molecule has 0 fully saturated rings. The van der Waals surface area contributed by atoms with Gasteiger partial charge in [-0.05, 0) is 23.3 Å². The van der Waals surface area contributed by atoms with Crippen molar-refractivity contribution in [2.24, 2.45) is 0 Å². The summed E-state index contributed by atoms with van der Waals surface area (Å²) in [5.41, 5.74) is 3.98. The predicted molar refractivity (Wildman–Crippen MR) is 78.9 cm³/mol. The third-order valence-corrected chi connectivity index (χ3v) is 3.08. The normalized spacial score (nSPS) is 15.4. The van der Waals surface area contributed by atoms with Gasteiger partial charge in [0.2, 0.25) is 0 Å². The van der Waals surface area contributed by atoms with E-state index in [9.17, 15) is 5.11 Å². The van der Waals surface area contributed by atoms with Crippen molar-refractivity contribution < 1.29 is 5.11 Å². The minimum Gasteiger partial charge on any atom is -0.388 e. The van der Waals surface area contributed by atoms with E-state index in [1.807, 2.05) is 62.4 Å². The van der Waals surface area contributed by atoms with Gasteiger partial charge in [-0.15, -0.1) is 0 Å². The van der Waals surface area contributed by atoms with Crippen LogP contribution in [0, 0.1) is 11.8 Å². The second-order valence-electron chi connectivity index (χ2n) is 4.21. The SMILES string of the molecule is CC.OC1Cc2ccccc2C#Cc2ccccc21. The molecule has 0 saturated heterocycles. The van der Waals surface area contributed by atoms with Crippen molar-refractivity contribution in [2.45, 2.75) is 26.4 Å². The first-order valence-corrected chi connectivity index (χ1v) is 6.71. The highest BCUT2D eigenvalue weighted by Crippen LogP contribution is 2.24. The molecule has 1 atom stereocenters. The van der Waals surface area contributed by atoms with Crippen LogP contribution in [0.4, 0.5) is 0 Å². The lowest BCUT2D eigenvalue weighted by molar-refractivity contribution is 0.178. The molecular formula is C18H18O. The van der Waals surface area contributed by atoms with E-state index < -0.39 is 6.10 Å². The molecule has 0 amide bonds. The van der Waals surface area contributed by atoms with Crippen LogP contribution in [0.2, 0.25) is 0 Å². The second-order valence-corrected chi connectivity index (χ2v) is 4.21. The monoisotopic (exact) mass is 250 g/mol. The van der Waals surface area contributed by atoms with Gasteiger partial charge in [-0.25, -0.2) is 0 Å². The summed E-state index contributed by atoms with van der Waals surface area (Å²) in [7, 11) is 0. The summed E-state index contributed by atoms with van der Waals surface area (Å²) in [4.78, 5) is 0. The van der Waals surface area contributed by atoms with Crippen LogP contribution in [0.15, 0.2) is 48.5 Å². The Balaban J connectivity index is 0.000000637. The van der Waals surface area contributed by atoms with Crippen molar-refractivity contribution in [1.29, 1.82) is 0 Å². The van der Waals surface area contributed by atoms with Gasteiger partial charge in [0.15, 0.2) is 0 Å². The second kappa shape index (κ2) is 6.22. The molecule has 19 heavy (non-hydrogen) atoms. The smallest absolute Gasteiger partial charge is 0.0842 e. The molecule has 1 heteroatoms. The van der Waals surface area contributed by atoms with E-state index in [1.165, 1.54) is 0 Å². The molecule has 0 aliphatic heterocycles. The molecule has 0 spiro atoms. The molecule has 1 unspecified atom stereocenters. The third kappa shape index (κ3) is 2.86. The number of aliphatic hydroxyl groups excluding tert-OH is 1. The molecular weight excluding hydrogens is 232 g/mol. The van der Waals surface area contributed by atoms with Crippen LogP contribution in [0.25, 0.3) is 0 Å². The van der Waals surface area contributed by atoms with Crippen molar-refractivity contribution in [3.05, 3.63) is 70.8 Å². The Morgan fingerprint density at radius 1 is 0.895 bits per heavy atom. The van der Waals surface area contributed by atoms with Gasteiger partial charge >= 0.3 is 0 Å². The summed E-state index contributed by atoms with van der Waals surface area (Å²) in [6.07, 6.45) is 0.156. The molecule has 3 rings (SSSR count). The molecule has 0 aromatic heterocycles. The molecule has 2 aromatic carbocycles. The van der Waals surface area contributed by atoms with Crippen molar-refractivity contribution in [2.75, 3.05) is 0 Å². The van der Waals surface area contributed by atoms with Gasteiger partial charge < -0.3 is 5.11 Å². The van der Waals surface area contributed by atoms with E-state index in [4.69, 9.17) is 0 Å². The number of hydrogen-bond acceptors (Lipinski definition) is 1. The maximum Gasteiger partial charge on any atom is 0.0842 e. The summed E-state index contributed by atoms with van der Waals surface area (Å²) in [5, 5.41) is 10.2. The zero-order valence-electron chi connectivity index (χ0n) is 11.4.